The fraction of sp³-hybridized carbons (Fsp3) is 0.400. The van der Waals surface area contributed by atoms with Crippen LogP contribution in [0.25, 0.3) is 11.0 Å². The van der Waals surface area contributed by atoms with Gasteiger partial charge in [0.2, 0.25) is 0 Å². The molecule has 4 heteroatoms. The molecule has 0 radical (unpaired) electrons. The van der Waals surface area contributed by atoms with E-state index >= 15 is 0 Å². The maximum atomic E-state index is 4.78. The zero-order chi connectivity index (χ0) is 16.5. The second-order valence-electron chi connectivity index (χ2n) is 6.76. The van der Waals surface area contributed by atoms with Crippen LogP contribution in [0.2, 0.25) is 0 Å². The minimum Gasteiger partial charge on any atom is -0.355 e. The highest BCUT2D eigenvalue weighted by atomic mass is 15.2. The Hall–Kier alpha value is -2.36. The van der Waals surface area contributed by atoms with Gasteiger partial charge in [0.15, 0.2) is 5.82 Å². The van der Waals surface area contributed by atoms with Gasteiger partial charge >= 0.3 is 0 Å². The van der Waals surface area contributed by atoms with Crippen molar-refractivity contribution in [1.29, 1.82) is 0 Å². The second kappa shape index (κ2) is 6.27. The Balaban J connectivity index is 1.81. The van der Waals surface area contributed by atoms with Crippen molar-refractivity contribution in [1.82, 2.24) is 15.0 Å². The zero-order valence-corrected chi connectivity index (χ0v) is 14.5. The molecule has 1 saturated heterocycles. The topological polar surface area (TPSA) is 44.8 Å². The van der Waals surface area contributed by atoms with Crippen LogP contribution in [0, 0.1) is 13.8 Å². The largest absolute Gasteiger partial charge is 0.355 e. The van der Waals surface area contributed by atoms with E-state index in [1.165, 1.54) is 36.1 Å². The number of nitrogens with one attached hydrogen (secondary N) is 1. The molecule has 0 atom stereocenters. The van der Waals surface area contributed by atoms with Gasteiger partial charge in [0.25, 0.3) is 0 Å². The lowest BCUT2D eigenvalue weighted by atomic mass is 10.0. The molecule has 3 heterocycles. The Morgan fingerprint density at radius 3 is 2.50 bits per heavy atom. The standard InChI is InChI=1S/C20H24N4/c1-14-17(13-16-9-5-3-6-10-16)18-19(21-14)20(23-15(2)22-18)24-11-7-4-8-12-24/h3,5-6,9-10,21H,4,7-8,11-13H2,1-2H3. The molecule has 0 aliphatic carbocycles. The SMILES string of the molecule is Cc1nc(N2CCCCC2)c2[nH]c(C)c(Cc3ccccc3)c2n1. The Bertz CT molecular complexity index is 845. The monoisotopic (exact) mass is 320 g/mol. The third kappa shape index (κ3) is 2.77. The highest BCUT2D eigenvalue weighted by molar-refractivity contribution is 5.90. The quantitative estimate of drug-likeness (QED) is 0.788. The van der Waals surface area contributed by atoms with Gasteiger partial charge in [-0.2, -0.15) is 0 Å². The molecule has 0 spiro atoms. The number of rotatable bonds is 3. The van der Waals surface area contributed by atoms with Crippen molar-refractivity contribution in [2.45, 2.75) is 39.5 Å². The molecule has 4 rings (SSSR count). The van der Waals surface area contributed by atoms with Gasteiger partial charge in [-0.25, -0.2) is 9.97 Å². The fourth-order valence-corrected chi connectivity index (χ4v) is 3.68. The molecule has 0 unspecified atom stereocenters. The smallest absolute Gasteiger partial charge is 0.156 e. The fourth-order valence-electron chi connectivity index (χ4n) is 3.68. The number of piperidine rings is 1. The van der Waals surface area contributed by atoms with Crippen LogP contribution < -0.4 is 4.90 Å². The Labute approximate surface area is 142 Å². The molecular formula is C20H24N4. The molecule has 3 aromatic rings. The molecule has 4 nitrogen and oxygen atoms in total. The van der Waals surface area contributed by atoms with E-state index in [-0.39, 0.29) is 0 Å². The number of fused-ring (bicyclic) bond motifs is 1. The normalized spacial score (nSPS) is 15.2. The van der Waals surface area contributed by atoms with Gasteiger partial charge in [-0.05, 0) is 38.7 Å². The third-order valence-corrected chi connectivity index (χ3v) is 4.93. The molecule has 2 aromatic heterocycles. The lowest BCUT2D eigenvalue weighted by molar-refractivity contribution is 0.574. The van der Waals surface area contributed by atoms with Crippen LogP contribution in [0.5, 0.6) is 0 Å². The minimum absolute atomic E-state index is 0.858. The van der Waals surface area contributed by atoms with E-state index in [0.29, 0.717) is 0 Å². The first-order valence-corrected chi connectivity index (χ1v) is 8.87. The highest BCUT2D eigenvalue weighted by Crippen LogP contribution is 2.30. The van der Waals surface area contributed by atoms with Crippen molar-refractivity contribution >= 4 is 16.9 Å². The molecule has 1 fully saturated rings. The van der Waals surface area contributed by atoms with E-state index in [1.807, 2.05) is 6.92 Å². The molecule has 124 valence electrons. The van der Waals surface area contributed by atoms with Crippen molar-refractivity contribution < 1.29 is 0 Å². The number of nitrogens with zero attached hydrogens (tertiary/aromatic N) is 3. The molecule has 1 N–H and O–H groups in total. The summed E-state index contributed by atoms with van der Waals surface area (Å²) in [5.41, 5.74) is 6.00. The van der Waals surface area contributed by atoms with E-state index in [4.69, 9.17) is 9.97 Å². The van der Waals surface area contributed by atoms with Crippen molar-refractivity contribution in [3.05, 3.63) is 53.0 Å². The van der Waals surface area contributed by atoms with E-state index in [2.05, 4.69) is 47.1 Å². The van der Waals surface area contributed by atoms with Crippen molar-refractivity contribution in [2.24, 2.45) is 0 Å². The molecule has 1 aromatic carbocycles. The number of benzene rings is 1. The van der Waals surface area contributed by atoms with Gasteiger partial charge in [-0.15, -0.1) is 0 Å². The van der Waals surface area contributed by atoms with Crippen LogP contribution in [-0.2, 0) is 6.42 Å². The number of hydrogen-bond acceptors (Lipinski definition) is 3. The molecule has 0 amide bonds. The summed E-state index contributed by atoms with van der Waals surface area (Å²) in [6.45, 7) is 6.34. The zero-order valence-electron chi connectivity index (χ0n) is 14.5. The van der Waals surface area contributed by atoms with Gasteiger partial charge in [0, 0.05) is 30.8 Å². The van der Waals surface area contributed by atoms with Gasteiger partial charge in [0.05, 0.1) is 5.52 Å². The average Bonchev–Trinajstić information content (AvgIpc) is 2.92. The predicted octanol–water partition coefficient (Wildman–Crippen LogP) is 4.16. The average molecular weight is 320 g/mol. The molecule has 0 saturated carbocycles. The van der Waals surface area contributed by atoms with Crippen molar-refractivity contribution in [3.8, 4) is 0 Å². The summed E-state index contributed by atoms with van der Waals surface area (Å²) in [4.78, 5) is 15.5. The highest BCUT2D eigenvalue weighted by Gasteiger charge is 2.20. The van der Waals surface area contributed by atoms with Gasteiger partial charge in [-0.1, -0.05) is 30.3 Å². The number of H-pyrrole nitrogens is 1. The second-order valence-corrected chi connectivity index (χ2v) is 6.76. The van der Waals surface area contributed by atoms with E-state index in [0.717, 1.165) is 42.2 Å². The molecule has 24 heavy (non-hydrogen) atoms. The summed E-state index contributed by atoms with van der Waals surface area (Å²) in [5.74, 6) is 1.94. The lowest BCUT2D eigenvalue weighted by Crippen LogP contribution is -2.30. The van der Waals surface area contributed by atoms with Crippen LogP contribution in [0.3, 0.4) is 0 Å². The molecular weight excluding hydrogens is 296 g/mol. The van der Waals surface area contributed by atoms with Gasteiger partial charge in [0.1, 0.15) is 11.3 Å². The molecule has 1 aliphatic heterocycles. The van der Waals surface area contributed by atoms with E-state index in [1.54, 1.807) is 0 Å². The number of hydrogen-bond donors (Lipinski definition) is 1. The summed E-state index contributed by atoms with van der Waals surface area (Å²) in [7, 11) is 0. The van der Waals surface area contributed by atoms with Crippen LogP contribution in [0.1, 0.15) is 41.9 Å². The van der Waals surface area contributed by atoms with Crippen LogP contribution in [0.4, 0.5) is 5.82 Å². The van der Waals surface area contributed by atoms with Crippen molar-refractivity contribution in [3.63, 3.8) is 0 Å². The Morgan fingerprint density at radius 2 is 1.75 bits per heavy atom. The van der Waals surface area contributed by atoms with Gasteiger partial charge < -0.3 is 9.88 Å². The number of aromatic amines is 1. The summed E-state index contributed by atoms with van der Waals surface area (Å²) in [6.07, 6.45) is 4.73. The van der Waals surface area contributed by atoms with E-state index in [9.17, 15) is 0 Å². The van der Waals surface area contributed by atoms with Crippen molar-refractivity contribution in [2.75, 3.05) is 18.0 Å². The molecule has 1 aliphatic rings. The third-order valence-electron chi connectivity index (χ3n) is 4.93. The minimum atomic E-state index is 0.858. The number of anilines is 1. The van der Waals surface area contributed by atoms with E-state index < -0.39 is 0 Å². The van der Waals surface area contributed by atoms with Crippen LogP contribution >= 0.6 is 0 Å². The molecule has 0 bridgehead atoms. The first-order valence-electron chi connectivity index (χ1n) is 8.87. The summed E-state index contributed by atoms with van der Waals surface area (Å²) < 4.78 is 0. The Kier molecular flexibility index (Phi) is 3.97. The first-order chi connectivity index (χ1) is 11.7. The summed E-state index contributed by atoms with van der Waals surface area (Å²) >= 11 is 0. The number of aryl methyl sites for hydroxylation is 2. The summed E-state index contributed by atoms with van der Waals surface area (Å²) in [6, 6.07) is 10.6. The first kappa shape index (κ1) is 15.2. The lowest BCUT2D eigenvalue weighted by Gasteiger charge is -2.28. The number of aromatic nitrogens is 3. The van der Waals surface area contributed by atoms with Crippen LogP contribution in [0.15, 0.2) is 30.3 Å². The predicted molar refractivity (Wildman–Crippen MR) is 98.7 cm³/mol. The Morgan fingerprint density at radius 1 is 1.00 bits per heavy atom. The van der Waals surface area contributed by atoms with Crippen LogP contribution in [-0.4, -0.2) is 28.0 Å². The maximum Gasteiger partial charge on any atom is 0.156 e. The summed E-state index contributed by atoms with van der Waals surface area (Å²) in [5, 5.41) is 0. The maximum absolute atomic E-state index is 4.78. The van der Waals surface area contributed by atoms with Gasteiger partial charge in [-0.3, -0.25) is 0 Å².